The van der Waals surface area contributed by atoms with Crippen molar-refractivity contribution in [2.24, 2.45) is 0 Å². The highest BCUT2D eigenvalue weighted by molar-refractivity contribution is 5.99. The minimum absolute atomic E-state index is 0.0452. The maximum absolute atomic E-state index is 12.3. The highest BCUT2D eigenvalue weighted by atomic mass is 16.2. The number of aromatic amines is 1. The zero-order valence-electron chi connectivity index (χ0n) is 11.7. The average molecular weight is 251 g/mol. The normalized spacial score (nSPS) is 10.8. The van der Waals surface area contributed by atoms with Crippen molar-refractivity contribution in [2.75, 3.05) is 34.2 Å². The van der Waals surface area contributed by atoms with Crippen LogP contribution < -0.4 is 0 Å². The van der Waals surface area contributed by atoms with Gasteiger partial charge in [-0.2, -0.15) is 0 Å². The van der Waals surface area contributed by atoms with E-state index >= 15 is 0 Å². The Morgan fingerprint density at radius 1 is 1.22 bits per heavy atom. The maximum Gasteiger partial charge on any atom is 0.255 e. The van der Waals surface area contributed by atoms with Gasteiger partial charge in [0.25, 0.3) is 5.91 Å². The van der Waals surface area contributed by atoms with E-state index in [1.807, 2.05) is 25.9 Å². The van der Waals surface area contributed by atoms with Crippen molar-refractivity contribution in [3.63, 3.8) is 0 Å². The molecule has 18 heavy (non-hydrogen) atoms. The molecule has 0 aliphatic heterocycles. The Bertz CT molecular complexity index is 449. The molecule has 0 aliphatic rings. The predicted octanol–water partition coefficient (Wildman–Crippen LogP) is 1.08. The van der Waals surface area contributed by atoms with Gasteiger partial charge in [0.1, 0.15) is 0 Å². The monoisotopic (exact) mass is 251 g/mol. The molecular weight excluding hydrogens is 230 g/mol. The van der Waals surface area contributed by atoms with Crippen molar-refractivity contribution >= 4 is 12.2 Å². The third-order valence-electron chi connectivity index (χ3n) is 3.04. The Morgan fingerprint density at radius 3 is 2.28 bits per heavy atom. The predicted molar refractivity (Wildman–Crippen MR) is 71.2 cm³/mol. The minimum atomic E-state index is -0.0452. The second-order valence-corrected chi connectivity index (χ2v) is 4.81. The summed E-state index contributed by atoms with van der Waals surface area (Å²) < 4.78 is 0. The van der Waals surface area contributed by atoms with Crippen molar-refractivity contribution < 1.29 is 9.59 Å². The first-order valence-corrected chi connectivity index (χ1v) is 5.93. The summed E-state index contributed by atoms with van der Waals surface area (Å²) in [7, 11) is 5.71. The van der Waals surface area contributed by atoms with Crippen LogP contribution >= 0.6 is 0 Å². The van der Waals surface area contributed by atoms with E-state index in [4.69, 9.17) is 0 Å². The molecule has 0 saturated carbocycles. The first-order chi connectivity index (χ1) is 8.38. The molecule has 100 valence electrons. The number of H-pyrrole nitrogens is 1. The van der Waals surface area contributed by atoms with Crippen LogP contribution in [0.2, 0.25) is 0 Å². The highest BCUT2D eigenvalue weighted by Crippen LogP contribution is 2.18. The molecule has 1 aromatic rings. The summed E-state index contributed by atoms with van der Waals surface area (Å²) in [6.45, 7) is 5.07. The summed E-state index contributed by atoms with van der Waals surface area (Å²) in [5.74, 6) is -0.0452. The lowest BCUT2D eigenvalue weighted by Crippen LogP contribution is -2.34. The fraction of sp³-hybridized carbons (Fsp3) is 0.538. The minimum Gasteiger partial charge on any atom is -0.356 e. The molecule has 1 N–H and O–H groups in total. The number of nitrogens with one attached hydrogen (secondary N) is 1. The molecule has 0 radical (unpaired) electrons. The molecule has 5 nitrogen and oxygen atoms in total. The first kappa shape index (κ1) is 14.4. The maximum atomic E-state index is 12.3. The van der Waals surface area contributed by atoms with Gasteiger partial charge in [-0.05, 0) is 33.5 Å². The molecule has 0 fully saturated rings. The Morgan fingerprint density at radius 2 is 1.83 bits per heavy atom. The van der Waals surface area contributed by atoms with Crippen molar-refractivity contribution in [3.05, 3.63) is 22.5 Å². The van der Waals surface area contributed by atoms with Crippen LogP contribution in [-0.2, 0) is 0 Å². The lowest BCUT2D eigenvalue weighted by Gasteiger charge is -2.20. The quantitative estimate of drug-likeness (QED) is 0.797. The van der Waals surface area contributed by atoms with Gasteiger partial charge in [0.05, 0.1) is 11.3 Å². The number of hydrogen-bond donors (Lipinski definition) is 1. The van der Waals surface area contributed by atoms with Gasteiger partial charge in [-0.1, -0.05) is 0 Å². The van der Waals surface area contributed by atoms with Gasteiger partial charge in [-0.3, -0.25) is 9.59 Å². The van der Waals surface area contributed by atoms with Crippen LogP contribution in [0, 0.1) is 13.8 Å². The number of carbonyl (C=O) groups is 2. The van der Waals surface area contributed by atoms with Crippen molar-refractivity contribution in [1.82, 2.24) is 14.8 Å². The van der Waals surface area contributed by atoms with Gasteiger partial charge in [0.15, 0.2) is 6.29 Å². The molecule has 5 heteroatoms. The SMILES string of the molecule is Cc1[nH]c(C=O)c(C)c1C(=O)N(C)CCN(C)C. The number of aryl methyl sites for hydroxylation is 1. The lowest BCUT2D eigenvalue weighted by atomic mass is 10.1. The van der Waals surface area contributed by atoms with Crippen LogP contribution in [0.4, 0.5) is 0 Å². The number of amides is 1. The number of nitrogens with zero attached hydrogens (tertiary/aromatic N) is 2. The second-order valence-electron chi connectivity index (χ2n) is 4.81. The van der Waals surface area contributed by atoms with Crippen LogP contribution in [-0.4, -0.2) is 61.2 Å². The Balaban J connectivity index is 2.90. The summed E-state index contributed by atoms with van der Waals surface area (Å²) in [4.78, 5) is 29.8. The number of rotatable bonds is 5. The van der Waals surface area contributed by atoms with Gasteiger partial charge in [0, 0.05) is 25.8 Å². The van der Waals surface area contributed by atoms with E-state index in [1.165, 1.54) is 0 Å². The number of aromatic nitrogens is 1. The Kier molecular flexibility index (Phi) is 4.67. The standard InChI is InChI=1S/C13H21N3O2/c1-9-11(8-17)14-10(2)12(9)13(18)16(5)7-6-15(3)4/h8,14H,6-7H2,1-5H3. The summed E-state index contributed by atoms with van der Waals surface area (Å²) >= 11 is 0. The molecule has 0 saturated heterocycles. The summed E-state index contributed by atoms with van der Waals surface area (Å²) in [5.41, 5.74) is 2.57. The van der Waals surface area contributed by atoms with Gasteiger partial charge in [-0.25, -0.2) is 0 Å². The van der Waals surface area contributed by atoms with Crippen LogP contribution in [0.3, 0.4) is 0 Å². The first-order valence-electron chi connectivity index (χ1n) is 5.93. The summed E-state index contributed by atoms with van der Waals surface area (Å²) in [5, 5.41) is 0. The van der Waals surface area contributed by atoms with E-state index < -0.39 is 0 Å². The van der Waals surface area contributed by atoms with Crippen molar-refractivity contribution in [3.8, 4) is 0 Å². The van der Waals surface area contributed by atoms with E-state index in [-0.39, 0.29) is 5.91 Å². The van der Waals surface area contributed by atoms with Crippen molar-refractivity contribution in [2.45, 2.75) is 13.8 Å². The fourth-order valence-electron chi connectivity index (χ4n) is 1.86. The third-order valence-corrected chi connectivity index (χ3v) is 3.04. The molecule has 0 aliphatic carbocycles. The second kappa shape index (κ2) is 5.82. The Hall–Kier alpha value is -1.62. The van der Waals surface area contributed by atoms with E-state index in [9.17, 15) is 9.59 Å². The van der Waals surface area contributed by atoms with E-state index in [0.29, 0.717) is 17.8 Å². The summed E-state index contributed by atoms with van der Waals surface area (Å²) in [6, 6.07) is 0. The molecule has 0 atom stereocenters. The molecule has 0 unspecified atom stereocenters. The molecule has 0 spiro atoms. The third kappa shape index (κ3) is 2.98. The van der Waals surface area contributed by atoms with Gasteiger partial charge in [-0.15, -0.1) is 0 Å². The smallest absolute Gasteiger partial charge is 0.255 e. The zero-order valence-corrected chi connectivity index (χ0v) is 11.7. The molecule has 1 amide bonds. The Labute approximate surface area is 108 Å². The summed E-state index contributed by atoms with van der Waals surface area (Å²) in [6.07, 6.45) is 0.749. The van der Waals surface area contributed by atoms with Crippen molar-refractivity contribution in [1.29, 1.82) is 0 Å². The number of hydrogen-bond acceptors (Lipinski definition) is 3. The number of carbonyl (C=O) groups excluding carboxylic acids is 2. The van der Waals surface area contributed by atoms with Crippen LogP contribution in [0.25, 0.3) is 0 Å². The van der Waals surface area contributed by atoms with Crippen LogP contribution in [0.15, 0.2) is 0 Å². The number of aldehydes is 1. The van der Waals surface area contributed by atoms with Gasteiger partial charge >= 0.3 is 0 Å². The lowest BCUT2D eigenvalue weighted by molar-refractivity contribution is 0.0785. The molecule has 0 aromatic carbocycles. The topological polar surface area (TPSA) is 56.4 Å². The van der Waals surface area contributed by atoms with Gasteiger partial charge in [0.2, 0.25) is 0 Å². The van der Waals surface area contributed by atoms with E-state index in [2.05, 4.69) is 4.98 Å². The largest absolute Gasteiger partial charge is 0.356 e. The highest BCUT2D eigenvalue weighted by Gasteiger charge is 2.20. The van der Waals surface area contributed by atoms with E-state index in [1.54, 1.807) is 18.9 Å². The molecule has 1 aromatic heterocycles. The van der Waals surface area contributed by atoms with Gasteiger partial charge < -0.3 is 14.8 Å². The van der Waals surface area contributed by atoms with E-state index in [0.717, 1.165) is 24.1 Å². The molecular formula is C13H21N3O2. The molecule has 1 rings (SSSR count). The van der Waals surface area contributed by atoms with Crippen LogP contribution in [0.5, 0.6) is 0 Å². The molecule has 1 heterocycles. The average Bonchev–Trinajstić information content (AvgIpc) is 2.60. The van der Waals surface area contributed by atoms with Crippen LogP contribution in [0.1, 0.15) is 32.1 Å². The molecule has 0 bridgehead atoms. The number of likely N-dealkylation sites (N-methyl/N-ethyl adjacent to an activating group) is 2. The fourth-order valence-corrected chi connectivity index (χ4v) is 1.86. The zero-order chi connectivity index (χ0) is 13.9.